The second-order valence-electron chi connectivity index (χ2n) is 3.51. The minimum absolute atomic E-state index is 0.567. The van der Waals surface area contributed by atoms with Gasteiger partial charge in [0.1, 0.15) is 5.75 Å². The van der Waals surface area contributed by atoms with E-state index in [4.69, 9.17) is 21.6 Å². The maximum Gasteiger partial charge on any atom is 0.128 e. The predicted molar refractivity (Wildman–Crippen MR) is 68.2 cm³/mol. The first-order chi connectivity index (χ1) is 8.26. The van der Waals surface area contributed by atoms with Crippen molar-refractivity contribution < 1.29 is 4.74 Å². The first kappa shape index (κ1) is 11.5. The van der Waals surface area contributed by atoms with Gasteiger partial charge in [0.05, 0.1) is 18.7 Å². The molecule has 0 amide bonds. The molecular formula is C14H10ClNO. The highest BCUT2D eigenvalue weighted by Crippen LogP contribution is 2.35. The summed E-state index contributed by atoms with van der Waals surface area (Å²) in [5.74, 6) is 0.650. The van der Waals surface area contributed by atoms with Crippen molar-refractivity contribution in [2.24, 2.45) is 0 Å². The smallest absolute Gasteiger partial charge is 0.128 e. The summed E-state index contributed by atoms with van der Waals surface area (Å²) in [5, 5.41) is 9.50. The monoisotopic (exact) mass is 243 g/mol. The largest absolute Gasteiger partial charge is 0.496 e. The van der Waals surface area contributed by atoms with E-state index in [2.05, 4.69) is 6.07 Å². The van der Waals surface area contributed by atoms with Gasteiger partial charge in [-0.1, -0.05) is 29.8 Å². The van der Waals surface area contributed by atoms with Gasteiger partial charge in [-0.15, -0.1) is 0 Å². The van der Waals surface area contributed by atoms with Crippen LogP contribution in [0, 0.1) is 11.3 Å². The third kappa shape index (κ3) is 2.25. The molecule has 0 saturated carbocycles. The highest BCUT2D eigenvalue weighted by Gasteiger charge is 2.09. The van der Waals surface area contributed by atoms with E-state index < -0.39 is 0 Å². The lowest BCUT2D eigenvalue weighted by molar-refractivity contribution is 0.416. The summed E-state index contributed by atoms with van der Waals surface area (Å²) in [6, 6.07) is 14.9. The fourth-order valence-corrected chi connectivity index (χ4v) is 1.90. The normalized spacial score (nSPS) is 9.71. The number of nitriles is 1. The number of hydrogen-bond acceptors (Lipinski definition) is 2. The number of ether oxygens (including phenoxy) is 1. The fraction of sp³-hybridized carbons (Fsp3) is 0.0714. The van der Waals surface area contributed by atoms with Gasteiger partial charge in [-0.2, -0.15) is 5.26 Å². The van der Waals surface area contributed by atoms with E-state index in [9.17, 15) is 0 Å². The molecule has 0 aliphatic carbocycles. The Morgan fingerprint density at radius 1 is 1.12 bits per heavy atom. The minimum atomic E-state index is 0.567. The van der Waals surface area contributed by atoms with Crippen molar-refractivity contribution in [2.45, 2.75) is 0 Å². The van der Waals surface area contributed by atoms with Crippen LogP contribution in [0.5, 0.6) is 5.75 Å². The number of hydrogen-bond donors (Lipinski definition) is 0. The first-order valence-corrected chi connectivity index (χ1v) is 5.47. The Balaban J connectivity index is 2.61. The van der Waals surface area contributed by atoms with E-state index in [0.29, 0.717) is 16.3 Å². The zero-order valence-corrected chi connectivity index (χ0v) is 10.0. The summed E-state index contributed by atoms with van der Waals surface area (Å²) in [7, 11) is 1.58. The lowest BCUT2D eigenvalue weighted by Gasteiger charge is -2.10. The molecule has 0 fully saturated rings. The van der Waals surface area contributed by atoms with Crippen molar-refractivity contribution in [3.8, 4) is 22.9 Å². The van der Waals surface area contributed by atoms with Crippen molar-refractivity contribution in [3.63, 3.8) is 0 Å². The van der Waals surface area contributed by atoms with E-state index in [1.54, 1.807) is 19.2 Å². The van der Waals surface area contributed by atoms with Crippen LogP contribution >= 0.6 is 11.6 Å². The average Bonchev–Trinajstić information content (AvgIpc) is 2.38. The molecule has 0 aliphatic rings. The lowest BCUT2D eigenvalue weighted by Crippen LogP contribution is -1.89. The fourth-order valence-electron chi connectivity index (χ4n) is 1.66. The van der Waals surface area contributed by atoms with Crippen molar-refractivity contribution in [1.29, 1.82) is 5.26 Å². The second kappa shape index (κ2) is 4.90. The van der Waals surface area contributed by atoms with Gasteiger partial charge in [-0.05, 0) is 24.3 Å². The van der Waals surface area contributed by atoms with Gasteiger partial charge >= 0.3 is 0 Å². The maximum atomic E-state index is 8.84. The molecule has 17 heavy (non-hydrogen) atoms. The molecule has 84 valence electrons. The summed E-state index contributed by atoms with van der Waals surface area (Å²) in [6.45, 7) is 0. The molecule has 0 spiro atoms. The number of benzene rings is 2. The van der Waals surface area contributed by atoms with Gasteiger partial charge in [-0.25, -0.2) is 0 Å². The van der Waals surface area contributed by atoms with Crippen LogP contribution in [-0.4, -0.2) is 7.11 Å². The number of rotatable bonds is 2. The number of methoxy groups -OCH3 is 1. The van der Waals surface area contributed by atoms with Gasteiger partial charge in [0.25, 0.3) is 0 Å². The van der Waals surface area contributed by atoms with Gasteiger partial charge in [0, 0.05) is 16.1 Å². The number of halogens is 1. The minimum Gasteiger partial charge on any atom is -0.496 e. The van der Waals surface area contributed by atoms with Crippen molar-refractivity contribution in [2.75, 3.05) is 7.11 Å². The van der Waals surface area contributed by atoms with Crippen molar-refractivity contribution >= 4 is 11.6 Å². The molecule has 0 bridgehead atoms. The Morgan fingerprint density at radius 2 is 1.88 bits per heavy atom. The standard InChI is InChI=1S/C14H10ClNO/c1-17-14-8-10(9-16)6-7-12(14)11-4-2-3-5-13(11)15/h2-8H,1H3. The summed E-state index contributed by atoms with van der Waals surface area (Å²) >= 11 is 6.14. The first-order valence-electron chi connectivity index (χ1n) is 5.09. The Bertz CT molecular complexity index is 587. The molecule has 0 unspecified atom stereocenters. The molecule has 2 aromatic carbocycles. The van der Waals surface area contributed by atoms with E-state index in [1.165, 1.54) is 0 Å². The van der Waals surface area contributed by atoms with E-state index >= 15 is 0 Å². The average molecular weight is 244 g/mol. The van der Waals surface area contributed by atoms with Crippen LogP contribution in [0.1, 0.15) is 5.56 Å². The number of nitrogens with zero attached hydrogens (tertiary/aromatic N) is 1. The molecule has 0 N–H and O–H groups in total. The van der Waals surface area contributed by atoms with Crippen LogP contribution in [0.15, 0.2) is 42.5 Å². The Kier molecular flexibility index (Phi) is 3.32. The SMILES string of the molecule is COc1cc(C#N)ccc1-c1ccccc1Cl. The predicted octanol–water partition coefficient (Wildman–Crippen LogP) is 3.89. The lowest BCUT2D eigenvalue weighted by atomic mass is 10.0. The Morgan fingerprint density at radius 3 is 2.53 bits per heavy atom. The second-order valence-corrected chi connectivity index (χ2v) is 3.91. The molecule has 0 aliphatic heterocycles. The van der Waals surface area contributed by atoms with E-state index in [0.717, 1.165) is 11.1 Å². The Labute approximate surface area is 105 Å². The highest BCUT2D eigenvalue weighted by molar-refractivity contribution is 6.33. The third-order valence-corrected chi connectivity index (χ3v) is 2.82. The van der Waals surface area contributed by atoms with Gasteiger partial charge in [0.15, 0.2) is 0 Å². The van der Waals surface area contributed by atoms with Crippen LogP contribution in [0.4, 0.5) is 0 Å². The van der Waals surface area contributed by atoms with Crippen LogP contribution in [0.3, 0.4) is 0 Å². The molecule has 2 nitrogen and oxygen atoms in total. The zero-order chi connectivity index (χ0) is 12.3. The van der Waals surface area contributed by atoms with Crippen LogP contribution in [-0.2, 0) is 0 Å². The Hall–Kier alpha value is -1.98. The van der Waals surface area contributed by atoms with Crippen LogP contribution < -0.4 is 4.74 Å². The summed E-state index contributed by atoms with van der Waals surface area (Å²) in [4.78, 5) is 0. The molecule has 0 saturated heterocycles. The molecule has 2 aromatic rings. The van der Waals surface area contributed by atoms with Crippen molar-refractivity contribution in [1.82, 2.24) is 0 Å². The van der Waals surface area contributed by atoms with Crippen LogP contribution in [0.25, 0.3) is 11.1 Å². The van der Waals surface area contributed by atoms with Gasteiger partial charge in [0.2, 0.25) is 0 Å². The zero-order valence-electron chi connectivity index (χ0n) is 9.27. The summed E-state index contributed by atoms with van der Waals surface area (Å²) in [6.07, 6.45) is 0. The topological polar surface area (TPSA) is 33.0 Å². The van der Waals surface area contributed by atoms with Gasteiger partial charge in [-0.3, -0.25) is 0 Å². The maximum absolute atomic E-state index is 8.84. The third-order valence-electron chi connectivity index (χ3n) is 2.49. The van der Waals surface area contributed by atoms with Gasteiger partial charge < -0.3 is 4.74 Å². The molecule has 0 aromatic heterocycles. The quantitative estimate of drug-likeness (QED) is 0.802. The molecule has 3 heteroatoms. The summed E-state index contributed by atoms with van der Waals surface area (Å²) < 4.78 is 5.29. The van der Waals surface area contributed by atoms with E-state index in [1.807, 2.05) is 30.3 Å². The molecule has 0 heterocycles. The molecule has 2 rings (SSSR count). The molecule has 0 atom stereocenters. The molecule has 0 radical (unpaired) electrons. The highest BCUT2D eigenvalue weighted by atomic mass is 35.5. The van der Waals surface area contributed by atoms with Crippen LogP contribution in [0.2, 0.25) is 5.02 Å². The van der Waals surface area contributed by atoms with Crippen molar-refractivity contribution in [3.05, 3.63) is 53.1 Å². The molecular weight excluding hydrogens is 234 g/mol. The summed E-state index contributed by atoms with van der Waals surface area (Å²) in [5.41, 5.74) is 2.35. The van der Waals surface area contributed by atoms with E-state index in [-0.39, 0.29) is 0 Å².